The third kappa shape index (κ3) is 4.18. The van der Waals surface area contributed by atoms with Crippen LogP contribution in [0, 0.1) is 18.3 Å². The number of hydrogen-bond acceptors (Lipinski definition) is 5. The topological polar surface area (TPSA) is 87.9 Å². The molecule has 0 radical (unpaired) electrons. The van der Waals surface area contributed by atoms with Gasteiger partial charge in [-0.3, -0.25) is 4.79 Å². The number of carbonyl (C=O) groups excluding carboxylic acids is 1. The van der Waals surface area contributed by atoms with Crippen molar-refractivity contribution in [3.05, 3.63) is 77.7 Å². The number of nitriles is 1. The normalized spacial score (nSPS) is 9.92. The van der Waals surface area contributed by atoms with Gasteiger partial charge in [-0.15, -0.1) is 0 Å². The van der Waals surface area contributed by atoms with E-state index in [1.54, 1.807) is 24.3 Å². The zero-order valence-electron chi connectivity index (χ0n) is 13.4. The molecule has 122 valence electrons. The number of hydrogen-bond donors (Lipinski definition) is 1. The zero-order valence-corrected chi connectivity index (χ0v) is 13.4. The number of ether oxygens (including phenoxy) is 1. The molecule has 0 fully saturated rings. The smallest absolute Gasteiger partial charge is 0.255 e. The molecule has 1 aromatic heterocycles. The van der Waals surface area contributed by atoms with Crippen LogP contribution in [0.25, 0.3) is 0 Å². The Morgan fingerprint density at radius 2 is 1.92 bits per heavy atom. The van der Waals surface area contributed by atoms with Gasteiger partial charge in [0.1, 0.15) is 11.8 Å². The lowest BCUT2D eigenvalue weighted by molar-refractivity contribution is 0.102. The second-order valence-corrected chi connectivity index (χ2v) is 5.30. The fraction of sp³-hybridized carbons (Fsp3) is 0.0526. The average molecular weight is 330 g/mol. The van der Waals surface area contributed by atoms with Gasteiger partial charge in [0.15, 0.2) is 5.69 Å². The van der Waals surface area contributed by atoms with Crippen molar-refractivity contribution in [2.75, 3.05) is 5.32 Å². The van der Waals surface area contributed by atoms with Crippen LogP contribution >= 0.6 is 0 Å². The summed E-state index contributed by atoms with van der Waals surface area (Å²) in [7, 11) is 0. The van der Waals surface area contributed by atoms with Crippen molar-refractivity contribution in [1.82, 2.24) is 9.97 Å². The SMILES string of the molecule is Cc1ccc(NC(=O)c2cccc(Oc3cnc(C#N)cn3)c2)cc1. The Balaban J connectivity index is 1.72. The number of carbonyl (C=O) groups is 1. The maximum Gasteiger partial charge on any atom is 0.255 e. The van der Waals surface area contributed by atoms with Crippen LogP contribution in [0.3, 0.4) is 0 Å². The Hall–Kier alpha value is -3.72. The number of rotatable bonds is 4. The molecule has 0 spiro atoms. The highest BCUT2D eigenvalue weighted by molar-refractivity contribution is 6.04. The van der Waals surface area contributed by atoms with Gasteiger partial charge < -0.3 is 10.1 Å². The van der Waals surface area contributed by atoms with Crippen molar-refractivity contribution >= 4 is 11.6 Å². The summed E-state index contributed by atoms with van der Waals surface area (Å²) in [5.74, 6) is 0.464. The lowest BCUT2D eigenvalue weighted by atomic mass is 10.2. The van der Waals surface area contributed by atoms with Crippen molar-refractivity contribution in [1.29, 1.82) is 5.26 Å². The molecule has 1 heterocycles. The Bertz CT molecular complexity index is 929. The molecule has 0 aliphatic rings. The number of benzene rings is 2. The average Bonchev–Trinajstić information content (AvgIpc) is 2.64. The molecule has 0 saturated carbocycles. The predicted octanol–water partition coefficient (Wildman–Crippen LogP) is 3.70. The van der Waals surface area contributed by atoms with E-state index in [-0.39, 0.29) is 17.5 Å². The van der Waals surface area contributed by atoms with E-state index in [0.29, 0.717) is 11.3 Å². The van der Waals surface area contributed by atoms with Crippen LogP contribution in [-0.4, -0.2) is 15.9 Å². The van der Waals surface area contributed by atoms with E-state index in [0.717, 1.165) is 11.3 Å². The molecule has 0 bridgehead atoms. The molecule has 6 heteroatoms. The van der Waals surface area contributed by atoms with Gasteiger partial charge in [-0.2, -0.15) is 5.26 Å². The molecule has 1 amide bonds. The molecule has 0 saturated heterocycles. The molecule has 1 N–H and O–H groups in total. The minimum atomic E-state index is -0.236. The molecular formula is C19H14N4O2. The number of nitrogens with one attached hydrogen (secondary N) is 1. The first-order chi connectivity index (χ1) is 12.1. The number of nitrogens with zero attached hydrogens (tertiary/aromatic N) is 3. The van der Waals surface area contributed by atoms with Crippen LogP contribution < -0.4 is 10.1 Å². The van der Waals surface area contributed by atoms with Crippen LogP contribution in [0.2, 0.25) is 0 Å². The van der Waals surface area contributed by atoms with Gasteiger partial charge in [-0.25, -0.2) is 9.97 Å². The maximum absolute atomic E-state index is 12.4. The molecular weight excluding hydrogens is 316 g/mol. The first-order valence-electron chi connectivity index (χ1n) is 7.52. The van der Waals surface area contributed by atoms with Crippen LogP contribution in [-0.2, 0) is 0 Å². The van der Waals surface area contributed by atoms with Crippen molar-refractivity contribution in [2.45, 2.75) is 6.92 Å². The van der Waals surface area contributed by atoms with Gasteiger partial charge in [-0.1, -0.05) is 23.8 Å². The first-order valence-corrected chi connectivity index (χ1v) is 7.52. The summed E-state index contributed by atoms with van der Waals surface area (Å²) in [5, 5.41) is 11.5. The first kappa shape index (κ1) is 16.1. The Morgan fingerprint density at radius 3 is 2.60 bits per heavy atom. The van der Waals surface area contributed by atoms with Gasteiger partial charge in [0.05, 0.1) is 12.4 Å². The summed E-state index contributed by atoms with van der Waals surface area (Å²) in [4.78, 5) is 20.2. The highest BCUT2D eigenvalue weighted by Gasteiger charge is 2.08. The Kier molecular flexibility index (Phi) is 4.67. The summed E-state index contributed by atoms with van der Waals surface area (Å²) >= 11 is 0. The van der Waals surface area contributed by atoms with Crippen molar-refractivity contribution in [3.63, 3.8) is 0 Å². The summed E-state index contributed by atoms with van der Waals surface area (Å²) in [5.41, 5.74) is 2.51. The number of aromatic nitrogens is 2. The van der Waals surface area contributed by atoms with E-state index in [9.17, 15) is 4.79 Å². The molecule has 0 aliphatic carbocycles. The van der Waals surface area contributed by atoms with Crippen LogP contribution in [0.15, 0.2) is 60.9 Å². The second kappa shape index (κ2) is 7.23. The standard InChI is InChI=1S/C19H14N4O2/c1-13-5-7-15(8-6-13)23-19(24)14-3-2-4-17(9-14)25-18-12-21-16(10-20)11-22-18/h2-9,11-12H,1H3,(H,23,24). The largest absolute Gasteiger partial charge is 0.437 e. The lowest BCUT2D eigenvalue weighted by Crippen LogP contribution is -2.11. The van der Waals surface area contributed by atoms with Crippen molar-refractivity contribution < 1.29 is 9.53 Å². The van der Waals surface area contributed by atoms with Gasteiger partial charge in [0, 0.05) is 11.3 Å². The number of amides is 1. The van der Waals surface area contributed by atoms with Gasteiger partial charge >= 0.3 is 0 Å². The summed E-state index contributed by atoms with van der Waals surface area (Å²) in [6.07, 6.45) is 2.68. The van der Waals surface area contributed by atoms with Crippen molar-refractivity contribution in [2.24, 2.45) is 0 Å². The molecule has 0 unspecified atom stereocenters. The quantitative estimate of drug-likeness (QED) is 0.788. The Labute approximate surface area is 144 Å². The second-order valence-electron chi connectivity index (χ2n) is 5.30. The Morgan fingerprint density at radius 1 is 1.12 bits per heavy atom. The van der Waals surface area contributed by atoms with Gasteiger partial charge in [0.2, 0.25) is 5.88 Å². The van der Waals surface area contributed by atoms with Crippen molar-refractivity contribution in [3.8, 4) is 17.7 Å². The predicted molar refractivity (Wildman–Crippen MR) is 92.4 cm³/mol. The third-order valence-corrected chi connectivity index (χ3v) is 3.37. The summed E-state index contributed by atoms with van der Waals surface area (Å²) in [6.45, 7) is 1.98. The molecule has 0 atom stereocenters. The molecule has 3 aromatic rings. The maximum atomic E-state index is 12.4. The summed E-state index contributed by atoms with van der Waals surface area (Å²) < 4.78 is 5.57. The monoisotopic (exact) mass is 330 g/mol. The van der Waals surface area contributed by atoms with E-state index in [1.807, 2.05) is 37.3 Å². The van der Waals surface area contributed by atoms with Crippen LogP contribution in [0.4, 0.5) is 5.69 Å². The highest BCUT2D eigenvalue weighted by atomic mass is 16.5. The number of aryl methyl sites for hydroxylation is 1. The fourth-order valence-electron chi connectivity index (χ4n) is 2.09. The molecule has 3 rings (SSSR count). The molecule has 0 aliphatic heterocycles. The van der Waals surface area contributed by atoms with Gasteiger partial charge in [0.25, 0.3) is 5.91 Å². The van der Waals surface area contributed by atoms with Crippen LogP contribution in [0.1, 0.15) is 21.6 Å². The number of anilines is 1. The van der Waals surface area contributed by atoms with E-state index in [2.05, 4.69) is 15.3 Å². The van der Waals surface area contributed by atoms with E-state index < -0.39 is 0 Å². The third-order valence-electron chi connectivity index (χ3n) is 3.37. The molecule has 2 aromatic carbocycles. The van der Waals surface area contributed by atoms with E-state index in [4.69, 9.17) is 10.00 Å². The minimum Gasteiger partial charge on any atom is -0.437 e. The van der Waals surface area contributed by atoms with E-state index in [1.165, 1.54) is 12.4 Å². The van der Waals surface area contributed by atoms with E-state index >= 15 is 0 Å². The molecule has 6 nitrogen and oxygen atoms in total. The van der Waals surface area contributed by atoms with Gasteiger partial charge in [-0.05, 0) is 37.3 Å². The zero-order chi connectivity index (χ0) is 17.6. The fourth-order valence-corrected chi connectivity index (χ4v) is 2.09. The lowest BCUT2D eigenvalue weighted by Gasteiger charge is -2.08. The minimum absolute atomic E-state index is 0.207. The molecule has 25 heavy (non-hydrogen) atoms. The highest BCUT2D eigenvalue weighted by Crippen LogP contribution is 2.20. The van der Waals surface area contributed by atoms with Crippen LogP contribution in [0.5, 0.6) is 11.6 Å². The summed E-state index contributed by atoms with van der Waals surface area (Å²) in [6, 6.07) is 16.2.